The van der Waals surface area contributed by atoms with Crippen molar-refractivity contribution in [2.24, 2.45) is 0 Å². The zero-order valence-electron chi connectivity index (χ0n) is 8.20. The molecule has 0 fully saturated rings. The Bertz CT molecular complexity index is 221. The van der Waals surface area contributed by atoms with Crippen molar-refractivity contribution < 1.29 is 5.11 Å². The van der Waals surface area contributed by atoms with Gasteiger partial charge in [-0.25, -0.2) is 0 Å². The highest BCUT2D eigenvalue weighted by Gasteiger charge is 1.99. The third-order valence-electron chi connectivity index (χ3n) is 1.34. The normalized spacial score (nSPS) is 11.4. The summed E-state index contributed by atoms with van der Waals surface area (Å²) in [5, 5.41) is 9.09. The topological polar surface area (TPSA) is 33.1 Å². The molecule has 0 aromatic carbocycles. The highest BCUT2D eigenvalue weighted by Crippen LogP contribution is 2.07. The van der Waals surface area contributed by atoms with E-state index in [1.807, 2.05) is 39.0 Å². The average Bonchev–Trinajstić information content (AvgIpc) is 2.08. The van der Waals surface area contributed by atoms with Crippen LogP contribution in [0, 0.1) is 6.92 Å². The summed E-state index contributed by atoms with van der Waals surface area (Å²) in [5.74, 6) is 0. The van der Waals surface area contributed by atoms with E-state index in [1.54, 1.807) is 6.92 Å². The molecule has 0 aliphatic carbocycles. The molecule has 1 rings (SSSR count). The summed E-state index contributed by atoms with van der Waals surface area (Å²) in [6.45, 7) is 7.62. The van der Waals surface area contributed by atoms with E-state index in [-0.39, 0.29) is 0 Å². The van der Waals surface area contributed by atoms with E-state index in [2.05, 4.69) is 4.98 Å². The molecule has 68 valence electrons. The lowest BCUT2D eigenvalue weighted by Crippen LogP contribution is -1.95. The third-order valence-corrected chi connectivity index (χ3v) is 1.34. The van der Waals surface area contributed by atoms with Crippen molar-refractivity contribution in [2.75, 3.05) is 0 Å². The van der Waals surface area contributed by atoms with Gasteiger partial charge in [-0.05, 0) is 26.0 Å². The Hall–Kier alpha value is -0.890. The fourth-order valence-electron chi connectivity index (χ4n) is 0.797. The molecule has 0 spiro atoms. The van der Waals surface area contributed by atoms with Gasteiger partial charge in [0.05, 0.1) is 11.8 Å². The van der Waals surface area contributed by atoms with Gasteiger partial charge < -0.3 is 5.11 Å². The highest BCUT2D eigenvalue weighted by molar-refractivity contribution is 5.11. The van der Waals surface area contributed by atoms with Crippen LogP contribution in [-0.2, 0) is 0 Å². The molecule has 1 unspecified atom stereocenters. The number of hydrogen-bond acceptors (Lipinski definition) is 2. The van der Waals surface area contributed by atoms with Crippen LogP contribution in [0.5, 0.6) is 0 Å². The highest BCUT2D eigenvalue weighted by atomic mass is 16.3. The third kappa shape index (κ3) is 3.49. The summed E-state index contributed by atoms with van der Waals surface area (Å²) >= 11 is 0. The molecular weight excluding hydrogens is 150 g/mol. The summed E-state index contributed by atoms with van der Waals surface area (Å²) in [6.07, 6.45) is -0.458. The molecule has 0 radical (unpaired) electrons. The van der Waals surface area contributed by atoms with Gasteiger partial charge in [-0.15, -0.1) is 0 Å². The predicted octanol–water partition coefficient (Wildman–Crippen LogP) is 2.47. The molecule has 1 atom stereocenters. The van der Waals surface area contributed by atoms with Crippen LogP contribution >= 0.6 is 0 Å². The maximum atomic E-state index is 9.09. The number of rotatable bonds is 1. The van der Waals surface area contributed by atoms with E-state index >= 15 is 0 Å². The van der Waals surface area contributed by atoms with E-state index in [4.69, 9.17) is 5.11 Å². The Morgan fingerprint density at radius 2 is 1.92 bits per heavy atom. The molecule has 0 aliphatic rings. The second-order valence-corrected chi connectivity index (χ2v) is 2.38. The molecule has 1 heterocycles. The van der Waals surface area contributed by atoms with E-state index in [0.29, 0.717) is 0 Å². The lowest BCUT2D eigenvalue weighted by molar-refractivity contribution is 0.194. The van der Waals surface area contributed by atoms with Crippen LogP contribution in [-0.4, -0.2) is 10.1 Å². The summed E-state index contributed by atoms with van der Waals surface area (Å²) in [4.78, 5) is 4.12. The first-order chi connectivity index (χ1) is 5.70. The SMILES string of the molecule is CC.Cc1cccc(C(C)O)n1. The van der Waals surface area contributed by atoms with E-state index in [0.717, 1.165) is 11.4 Å². The average molecular weight is 167 g/mol. The Morgan fingerprint density at radius 3 is 2.25 bits per heavy atom. The van der Waals surface area contributed by atoms with Crippen molar-refractivity contribution in [2.45, 2.75) is 33.8 Å². The number of hydrogen-bond donors (Lipinski definition) is 1. The molecule has 1 N–H and O–H groups in total. The molecule has 0 saturated heterocycles. The van der Waals surface area contributed by atoms with E-state index < -0.39 is 6.10 Å². The number of aliphatic hydroxyl groups is 1. The predicted molar refractivity (Wildman–Crippen MR) is 51.0 cm³/mol. The van der Waals surface area contributed by atoms with Gasteiger partial charge in [0.25, 0.3) is 0 Å². The van der Waals surface area contributed by atoms with Crippen LogP contribution in [0.4, 0.5) is 0 Å². The summed E-state index contributed by atoms with van der Waals surface area (Å²) in [5.41, 5.74) is 1.68. The van der Waals surface area contributed by atoms with Crippen molar-refractivity contribution in [1.29, 1.82) is 0 Å². The van der Waals surface area contributed by atoms with Crippen molar-refractivity contribution in [3.63, 3.8) is 0 Å². The van der Waals surface area contributed by atoms with Gasteiger partial charge in [0.1, 0.15) is 0 Å². The first-order valence-electron chi connectivity index (χ1n) is 4.32. The van der Waals surface area contributed by atoms with Crippen LogP contribution in [0.3, 0.4) is 0 Å². The van der Waals surface area contributed by atoms with E-state index in [9.17, 15) is 0 Å². The molecule has 0 bridgehead atoms. The van der Waals surface area contributed by atoms with Crippen LogP contribution in [0.2, 0.25) is 0 Å². The van der Waals surface area contributed by atoms with Gasteiger partial charge in [-0.2, -0.15) is 0 Å². The Morgan fingerprint density at radius 1 is 1.33 bits per heavy atom. The fraction of sp³-hybridized carbons (Fsp3) is 0.500. The van der Waals surface area contributed by atoms with Gasteiger partial charge in [0.15, 0.2) is 0 Å². The van der Waals surface area contributed by atoms with Gasteiger partial charge in [-0.3, -0.25) is 4.98 Å². The maximum absolute atomic E-state index is 9.09. The van der Waals surface area contributed by atoms with Crippen LogP contribution in [0.1, 0.15) is 38.3 Å². The molecule has 2 nitrogen and oxygen atoms in total. The second-order valence-electron chi connectivity index (χ2n) is 2.38. The van der Waals surface area contributed by atoms with Gasteiger partial charge in [0, 0.05) is 5.69 Å². The molecule has 0 amide bonds. The van der Waals surface area contributed by atoms with Crippen LogP contribution in [0.15, 0.2) is 18.2 Å². The Kier molecular flexibility index (Phi) is 5.30. The molecule has 0 aliphatic heterocycles. The molecule has 2 heteroatoms. The number of aromatic nitrogens is 1. The van der Waals surface area contributed by atoms with Gasteiger partial charge in [0.2, 0.25) is 0 Å². The summed E-state index contributed by atoms with van der Waals surface area (Å²) in [7, 11) is 0. The largest absolute Gasteiger partial charge is 0.387 e. The number of aryl methyl sites for hydroxylation is 1. The van der Waals surface area contributed by atoms with Crippen molar-refractivity contribution >= 4 is 0 Å². The molecule has 12 heavy (non-hydrogen) atoms. The molecule has 0 saturated carbocycles. The fourth-order valence-corrected chi connectivity index (χ4v) is 0.797. The number of aliphatic hydroxyl groups excluding tert-OH is 1. The second kappa shape index (κ2) is 5.72. The number of pyridine rings is 1. The minimum atomic E-state index is -0.458. The zero-order valence-corrected chi connectivity index (χ0v) is 8.20. The quantitative estimate of drug-likeness (QED) is 0.697. The first kappa shape index (κ1) is 11.1. The van der Waals surface area contributed by atoms with Crippen molar-refractivity contribution in [3.05, 3.63) is 29.6 Å². The van der Waals surface area contributed by atoms with Gasteiger partial charge in [-0.1, -0.05) is 19.9 Å². The molecule has 1 aromatic rings. The first-order valence-corrected chi connectivity index (χ1v) is 4.32. The van der Waals surface area contributed by atoms with E-state index in [1.165, 1.54) is 0 Å². The standard InChI is InChI=1S/C8H11NO.C2H6/c1-6-4-3-5-8(9-6)7(2)10;1-2/h3-5,7,10H,1-2H3;1-2H3. The number of nitrogens with zero attached hydrogens (tertiary/aromatic N) is 1. The summed E-state index contributed by atoms with van der Waals surface area (Å²) in [6, 6.07) is 5.62. The Balaban J connectivity index is 0.000000561. The minimum absolute atomic E-state index is 0.458. The van der Waals surface area contributed by atoms with Crippen molar-refractivity contribution in [3.8, 4) is 0 Å². The molecule has 1 aromatic heterocycles. The monoisotopic (exact) mass is 167 g/mol. The maximum Gasteiger partial charge on any atom is 0.0931 e. The summed E-state index contributed by atoms with van der Waals surface area (Å²) < 4.78 is 0. The zero-order chi connectivity index (χ0) is 9.56. The van der Waals surface area contributed by atoms with Crippen LogP contribution in [0.25, 0.3) is 0 Å². The lowest BCUT2D eigenvalue weighted by Gasteiger charge is -2.02. The minimum Gasteiger partial charge on any atom is -0.387 e. The van der Waals surface area contributed by atoms with Gasteiger partial charge >= 0.3 is 0 Å². The lowest BCUT2D eigenvalue weighted by atomic mass is 10.2. The smallest absolute Gasteiger partial charge is 0.0931 e. The van der Waals surface area contributed by atoms with Crippen LogP contribution < -0.4 is 0 Å². The van der Waals surface area contributed by atoms with Crippen molar-refractivity contribution in [1.82, 2.24) is 4.98 Å². The molecular formula is C10H17NO. The Labute approximate surface area is 74.3 Å².